The molecule has 2 aliphatic heterocycles. The van der Waals surface area contributed by atoms with Crippen LogP contribution in [0, 0.1) is 11.3 Å². The maximum atomic E-state index is 13.1. The van der Waals surface area contributed by atoms with Crippen molar-refractivity contribution in [3.8, 4) is 0 Å². The molecule has 2 saturated heterocycles. The first-order valence-corrected chi connectivity index (χ1v) is 10.5. The Labute approximate surface area is 176 Å². The van der Waals surface area contributed by atoms with E-state index < -0.39 is 0 Å². The Kier molecular flexibility index (Phi) is 5.99. The van der Waals surface area contributed by atoms with Gasteiger partial charge in [0.1, 0.15) is 0 Å². The Bertz CT molecular complexity index is 879. The third-order valence-electron chi connectivity index (χ3n) is 6.28. The number of amides is 3. The SMILES string of the molecule is CCc1ccc(NC(=O)N2C[C@@H](C(=O)Nc3cccnc3)C3(CCOCC3)C2)cc1. The van der Waals surface area contributed by atoms with Crippen molar-refractivity contribution in [2.24, 2.45) is 11.3 Å². The lowest BCUT2D eigenvalue weighted by Gasteiger charge is -2.37. The van der Waals surface area contributed by atoms with E-state index in [9.17, 15) is 9.59 Å². The molecule has 4 rings (SSSR count). The van der Waals surface area contributed by atoms with Crippen molar-refractivity contribution in [1.29, 1.82) is 0 Å². The zero-order chi connectivity index (χ0) is 21.0. The number of hydrogen-bond acceptors (Lipinski definition) is 4. The Morgan fingerprint density at radius 1 is 1.13 bits per heavy atom. The van der Waals surface area contributed by atoms with Crippen LogP contribution in [0.5, 0.6) is 0 Å². The number of hydrogen-bond donors (Lipinski definition) is 2. The van der Waals surface area contributed by atoms with Gasteiger partial charge in [-0.15, -0.1) is 0 Å². The lowest BCUT2D eigenvalue weighted by atomic mass is 9.71. The van der Waals surface area contributed by atoms with Gasteiger partial charge in [0.15, 0.2) is 0 Å². The second kappa shape index (κ2) is 8.83. The summed E-state index contributed by atoms with van der Waals surface area (Å²) in [6.07, 6.45) is 5.80. The highest BCUT2D eigenvalue weighted by molar-refractivity contribution is 5.95. The van der Waals surface area contributed by atoms with E-state index in [4.69, 9.17) is 4.74 Å². The maximum absolute atomic E-state index is 13.1. The molecule has 7 heteroatoms. The van der Waals surface area contributed by atoms with E-state index in [0.717, 1.165) is 24.9 Å². The number of benzene rings is 1. The van der Waals surface area contributed by atoms with Crippen molar-refractivity contribution in [1.82, 2.24) is 9.88 Å². The summed E-state index contributed by atoms with van der Waals surface area (Å²) in [5, 5.41) is 5.96. The van der Waals surface area contributed by atoms with Crippen molar-refractivity contribution in [2.75, 3.05) is 36.9 Å². The zero-order valence-corrected chi connectivity index (χ0v) is 17.3. The number of nitrogens with zero attached hydrogens (tertiary/aromatic N) is 2. The van der Waals surface area contributed by atoms with Crippen molar-refractivity contribution >= 4 is 23.3 Å². The molecule has 0 radical (unpaired) electrons. The predicted octanol–water partition coefficient (Wildman–Crippen LogP) is 3.54. The largest absolute Gasteiger partial charge is 0.381 e. The van der Waals surface area contributed by atoms with E-state index in [-0.39, 0.29) is 23.3 Å². The van der Waals surface area contributed by atoms with Crippen LogP contribution in [0.4, 0.5) is 16.2 Å². The van der Waals surface area contributed by atoms with Gasteiger partial charge in [0, 0.05) is 43.6 Å². The lowest BCUT2D eigenvalue weighted by Crippen LogP contribution is -2.42. The first-order chi connectivity index (χ1) is 14.6. The van der Waals surface area contributed by atoms with Gasteiger partial charge in [-0.2, -0.15) is 0 Å². The van der Waals surface area contributed by atoms with Crippen LogP contribution in [0.25, 0.3) is 0 Å². The molecule has 1 atom stereocenters. The minimum absolute atomic E-state index is 0.0625. The summed E-state index contributed by atoms with van der Waals surface area (Å²) in [5.74, 6) is -0.345. The molecule has 30 heavy (non-hydrogen) atoms. The topological polar surface area (TPSA) is 83.6 Å². The fourth-order valence-corrected chi connectivity index (χ4v) is 4.46. The molecular formula is C23H28N4O3. The molecule has 0 saturated carbocycles. The van der Waals surface area contributed by atoms with Crippen LogP contribution in [-0.4, -0.2) is 48.1 Å². The number of pyridine rings is 1. The van der Waals surface area contributed by atoms with E-state index in [1.54, 1.807) is 23.4 Å². The van der Waals surface area contributed by atoms with Gasteiger partial charge in [-0.1, -0.05) is 19.1 Å². The molecule has 2 N–H and O–H groups in total. The number of ether oxygens (including phenoxy) is 1. The van der Waals surface area contributed by atoms with Gasteiger partial charge in [-0.05, 0) is 49.1 Å². The summed E-state index contributed by atoms with van der Waals surface area (Å²) in [5.41, 5.74) is 2.40. The minimum Gasteiger partial charge on any atom is -0.381 e. The first-order valence-electron chi connectivity index (χ1n) is 10.5. The summed E-state index contributed by atoms with van der Waals surface area (Å²) in [6.45, 7) is 4.28. The number of nitrogens with one attached hydrogen (secondary N) is 2. The molecule has 0 bridgehead atoms. The van der Waals surface area contributed by atoms with Gasteiger partial charge in [0.05, 0.1) is 17.8 Å². The maximum Gasteiger partial charge on any atom is 0.321 e. The van der Waals surface area contributed by atoms with Crippen molar-refractivity contribution in [2.45, 2.75) is 26.2 Å². The average Bonchev–Trinajstić information content (AvgIpc) is 3.14. The smallest absolute Gasteiger partial charge is 0.321 e. The standard InChI is InChI=1S/C23H28N4O3/c1-2-17-5-7-18(8-6-17)26-22(29)27-15-20(23(16-27)9-12-30-13-10-23)21(28)25-19-4-3-11-24-14-19/h3-8,11,14,20H,2,9-10,12-13,15-16H2,1H3,(H,25,28)(H,26,29)/t20-/m0/s1. The Morgan fingerprint density at radius 2 is 1.90 bits per heavy atom. The number of aryl methyl sites for hydroxylation is 1. The highest BCUT2D eigenvalue weighted by Gasteiger charge is 2.51. The Morgan fingerprint density at radius 3 is 2.57 bits per heavy atom. The number of rotatable bonds is 4. The Balaban J connectivity index is 1.48. The molecule has 2 aromatic rings. The van der Waals surface area contributed by atoms with Gasteiger partial charge in [0.25, 0.3) is 0 Å². The van der Waals surface area contributed by atoms with Gasteiger partial charge >= 0.3 is 6.03 Å². The molecular weight excluding hydrogens is 380 g/mol. The van der Waals surface area contributed by atoms with Crippen LogP contribution in [-0.2, 0) is 16.0 Å². The van der Waals surface area contributed by atoms with Crippen LogP contribution in [0.2, 0.25) is 0 Å². The van der Waals surface area contributed by atoms with Gasteiger partial charge in [-0.3, -0.25) is 9.78 Å². The number of likely N-dealkylation sites (tertiary alicyclic amines) is 1. The van der Waals surface area contributed by atoms with E-state index >= 15 is 0 Å². The minimum atomic E-state index is -0.283. The fourth-order valence-electron chi connectivity index (χ4n) is 4.46. The molecule has 2 fully saturated rings. The van der Waals surface area contributed by atoms with E-state index in [1.165, 1.54) is 5.56 Å². The van der Waals surface area contributed by atoms with Crippen LogP contribution in [0.1, 0.15) is 25.3 Å². The third-order valence-corrected chi connectivity index (χ3v) is 6.28. The molecule has 1 aromatic heterocycles. The second-order valence-electron chi connectivity index (χ2n) is 8.12. The molecule has 7 nitrogen and oxygen atoms in total. The van der Waals surface area contributed by atoms with Crippen LogP contribution in [0.3, 0.4) is 0 Å². The summed E-state index contributed by atoms with van der Waals surface area (Å²) in [7, 11) is 0. The number of aromatic nitrogens is 1. The molecule has 0 aliphatic carbocycles. The van der Waals surface area contributed by atoms with Crippen molar-refractivity contribution in [3.63, 3.8) is 0 Å². The van der Waals surface area contributed by atoms with Gasteiger partial charge in [-0.25, -0.2) is 4.79 Å². The molecule has 3 amide bonds. The number of urea groups is 1. The van der Waals surface area contributed by atoms with Gasteiger partial charge in [0.2, 0.25) is 5.91 Å². The number of carbonyl (C=O) groups is 2. The van der Waals surface area contributed by atoms with Crippen LogP contribution in [0.15, 0.2) is 48.8 Å². The first kappa shape index (κ1) is 20.3. The highest BCUT2D eigenvalue weighted by Crippen LogP contribution is 2.45. The third kappa shape index (κ3) is 4.31. The summed E-state index contributed by atoms with van der Waals surface area (Å²) < 4.78 is 5.55. The van der Waals surface area contributed by atoms with Crippen molar-refractivity contribution in [3.05, 3.63) is 54.4 Å². The molecule has 2 aliphatic rings. The predicted molar refractivity (Wildman–Crippen MR) is 115 cm³/mol. The number of anilines is 2. The highest BCUT2D eigenvalue weighted by atomic mass is 16.5. The fraction of sp³-hybridized carbons (Fsp3) is 0.435. The number of carbonyl (C=O) groups excluding carboxylic acids is 2. The molecule has 1 spiro atoms. The molecule has 1 aromatic carbocycles. The monoisotopic (exact) mass is 408 g/mol. The molecule has 3 heterocycles. The zero-order valence-electron chi connectivity index (χ0n) is 17.3. The Hall–Kier alpha value is -2.93. The lowest BCUT2D eigenvalue weighted by molar-refractivity contribution is -0.124. The van der Waals surface area contributed by atoms with Crippen molar-refractivity contribution < 1.29 is 14.3 Å². The molecule has 0 unspecified atom stereocenters. The summed E-state index contributed by atoms with van der Waals surface area (Å²) in [4.78, 5) is 31.9. The van der Waals surface area contributed by atoms with Crippen LogP contribution < -0.4 is 10.6 Å². The van der Waals surface area contributed by atoms with E-state index in [1.807, 2.05) is 30.3 Å². The van der Waals surface area contributed by atoms with E-state index in [2.05, 4.69) is 22.5 Å². The van der Waals surface area contributed by atoms with Crippen LogP contribution >= 0.6 is 0 Å². The average molecular weight is 409 g/mol. The molecule has 158 valence electrons. The quantitative estimate of drug-likeness (QED) is 0.811. The van der Waals surface area contributed by atoms with E-state index in [0.29, 0.717) is 32.0 Å². The summed E-state index contributed by atoms with van der Waals surface area (Å²) in [6, 6.07) is 11.3. The van der Waals surface area contributed by atoms with Gasteiger partial charge < -0.3 is 20.3 Å². The normalized spacial score (nSPS) is 20.2. The second-order valence-corrected chi connectivity index (χ2v) is 8.12. The summed E-state index contributed by atoms with van der Waals surface area (Å²) >= 11 is 0.